The van der Waals surface area contributed by atoms with Crippen molar-refractivity contribution < 1.29 is 14.3 Å². The van der Waals surface area contributed by atoms with Crippen molar-refractivity contribution in [1.29, 1.82) is 0 Å². The molecule has 114 valence electrons. The van der Waals surface area contributed by atoms with Crippen molar-refractivity contribution in [2.45, 2.75) is 13.3 Å². The summed E-state index contributed by atoms with van der Waals surface area (Å²) < 4.78 is 5.46. The third-order valence-electron chi connectivity index (χ3n) is 2.98. The number of hydrogen-bond donors (Lipinski definition) is 1. The molecule has 0 aliphatic heterocycles. The number of anilines is 1. The molecule has 5 heteroatoms. The van der Waals surface area contributed by atoms with Gasteiger partial charge in [-0.05, 0) is 31.2 Å². The molecule has 0 saturated heterocycles. The molecule has 1 N–H and O–H groups in total. The summed E-state index contributed by atoms with van der Waals surface area (Å²) >= 11 is 5.96. The van der Waals surface area contributed by atoms with Gasteiger partial charge >= 0.3 is 0 Å². The molecule has 1 amide bonds. The van der Waals surface area contributed by atoms with Crippen molar-refractivity contribution in [3.8, 4) is 5.75 Å². The fraction of sp³-hybridized carbons (Fsp3) is 0.176. The topological polar surface area (TPSA) is 55.4 Å². The molecule has 2 rings (SSSR count). The normalized spacial score (nSPS) is 10.1. The van der Waals surface area contributed by atoms with Gasteiger partial charge in [0.25, 0.3) is 0 Å². The van der Waals surface area contributed by atoms with Crippen molar-refractivity contribution in [2.75, 3.05) is 11.9 Å². The summed E-state index contributed by atoms with van der Waals surface area (Å²) in [6.45, 7) is 1.71. The van der Waals surface area contributed by atoms with E-state index in [2.05, 4.69) is 5.32 Å². The summed E-state index contributed by atoms with van der Waals surface area (Å²) in [7, 11) is 0. The Morgan fingerprint density at radius 2 is 1.91 bits per heavy atom. The predicted octanol–water partition coefficient (Wildman–Crippen LogP) is 3.95. The Hall–Kier alpha value is -2.33. The second-order valence-electron chi connectivity index (χ2n) is 4.71. The fourth-order valence-electron chi connectivity index (χ4n) is 1.85. The first-order valence-electron chi connectivity index (χ1n) is 6.84. The van der Waals surface area contributed by atoms with Crippen LogP contribution in [0.2, 0.25) is 5.02 Å². The zero-order valence-corrected chi connectivity index (χ0v) is 12.9. The molecule has 0 unspecified atom stereocenters. The Balaban J connectivity index is 1.84. The first-order chi connectivity index (χ1) is 10.6. The fourth-order valence-corrected chi connectivity index (χ4v) is 2.05. The van der Waals surface area contributed by atoms with Gasteiger partial charge in [0.2, 0.25) is 5.91 Å². The van der Waals surface area contributed by atoms with Gasteiger partial charge < -0.3 is 10.1 Å². The Morgan fingerprint density at radius 1 is 1.14 bits per heavy atom. The van der Waals surface area contributed by atoms with E-state index in [0.717, 1.165) is 0 Å². The summed E-state index contributed by atoms with van der Waals surface area (Å²) in [5.41, 5.74) is 1.15. The minimum atomic E-state index is -0.187. The zero-order chi connectivity index (χ0) is 15.9. The molecule has 2 aromatic rings. The van der Waals surface area contributed by atoms with Gasteiger partial charge in [-0.2, -0.15) is 0 Å². The third kappa shape index (κ3) is 4.60. The van der Waals surface area contributed by atoms with Gasteiger partial charge in [0.15, 0.2) is 5.78 Å². The summed E-state index contributed by atoms with van der Waals surface area (Å²) in [5, 5.41) is 3.25. The lowest BCUT2D eigenvalue weighted by Crippen LogP contribution is -2.15. The summed E-state index contributed by atoms with van der Waals surface area (Å²) in [4.78, 5) is 23.2. The van der Waals surface area contributed by atoms with E-state index < -0.39 is 0 Å². The molecule has 0 radical (unpaired) electrons. The number of hydrogen-bond acceptors (Lipinski definition) is 3. The minimum absolute atomic E-state index is 0.0434. The maximum atomic E-state index is 11.9. The van der Waals surface area contributed by atoms with Crippen LogP contribution in [0.25, 0.3) is 0 Å². The summed E-state index contributed by atoms with van der Waals surface area (Å²) in [6, 6.07) is 13.9. The van der Waals surface area contributed by atoms with Crippen LogP contribution >= 0.6 is 11.6 Å². The molecule has 4 nitrogen and oxygen atoms in total. The lowest BCUT2D eigenvalue weighted by Gasteiger charge is -2.09. The van der Waals surface area contributed by atoms with E-state index in [1.807, 2.05) is 12.1 Å². The Labute approximate surface area is 134 Å². The average molecular weight is 318 g/mol. The standard InChI is InChI=1S/C17H16ClNO3/c1-12(20)13-5-4-6-14(11-13)19-17(21)9-10-22-16-8-3-2-7-15(16)18/h2-8,11H,9-10H2,1H3,(H,19,21). The number of benzene rings is 2. The maximum Gasteiger partial charge on any atom is 0.227 e. The molecule has 0 atom stereocenters. The number of nitrogens with one attached hydrogen (secondary N) is 1. The molecule has 0 fully saturated rings. The number of carbonyl (C=O) groups excluding carboxylic acids is 2. The van der Waals surface area contributed by atoms with Gasteiger partial charge in [0, 0.05) is 11.3 Å². The van der Waals surface area contributed by atoms with Crippen LogP contribution in [-0.2, 0) is 4.79 Å². The van der Waals surface area contributed by atoms with Crippen molar-refractivity contribution in [2.24, 2.45) is 0 Å². The second kappa shape index (κ2) is 7.61. The Kier molecular flexibility index (Phi) is 5.55. The molecule has 22 heavy (non-hydrogen) atoms. The largest absolute Gasteiger partial charge is 0.491 e. The molecule has 0 aromatic heterocycles. The molecule has 0 heterocycles. The average Bonchev–Trinajstić information content (AvgIpc) is 2.49. The highest BCUT2D eigenvalue weighted by Crippen LogP contribution is 2.23. The van der Waals surface area contributed by atoms with Gasteiger partial charge in [-0.15, -0.1) is 0 Å². The number of ether oxygens (including phenoxy) is 1. The van der Waals surface area contributed by atoms with Gasteiger partial charge in [-0.25, -0.2) is 0 Å². The summed E-state index contributed by atoms with van der Waals surface area (Å²) in [5.74, 6) is 0.321. The number of carbonyl (C=O) groups is 2. The molecule has 2 aromatic carbocycles. The molecule has 0 aliphatic rings. The predicted molar refractivity (Wildman–Crippen MR) is 86.6 cm³/mol. The van der Waals surface area contributed by atoms with Crippen molar-refractivity contribution >= 4 is 29.0 Å². The van der Waals surface area contributed by atoms with Gasteiger partial charge in [0.1, 0.15) is 5.75 Å². The maximum absolute atomic E-state index is 11.9. The number of Topliss-reactive ketones (excluding diaryl/α,β-unsaturated/α-hetero) is 1. The molecule has 0 bridgehead atoms. The first-order valence-corrected chi connectivity index (χ1v) is 7.22. The molecule has 0 aliphatic carbocycles. The first kappa shape index (κ1) is 16.0. The van der Waals surface area contributed by atoms with E-state index >= 15 is 0 Å². The number of ketones is 1. The lowest BCUT2D eigenvalue weighted by atomic mass is 10.1. The second-order valence-corrected chi connectivity index (χ2v) is 5.12. The van der Waals surface area contributed by atoms with Crippen LogP contribution in [0.4, 0.5) is 5.69 Å². The zero-order valence-electron chi connectivity index (χ0n) is 12.1. The monoisotopic (exact) mass is 317 g/mol. The molecular formula is C17H16ClNO3. The highest BCUT2D eigenvalue weighted by Gasteiger charge is 2.06. The summed E-state index contributed by atoms with van der Waals surface area (Å²) in [6.07, 6.45) is 0.190. The highest BCUT2D eigenvalue weighted by atomic mass is 35.5. The lowest BCUT2D eigenvalue weighted by molar-refractivity contribution is -0.116. The Morgan fingerprint density at radius 3 is 2.64 bits per heavy atom. The molecule has 0 saturated carbocycles. The molecular weight excluding hydrogens is 302 g/mol. The van der Waals surface area contributed by atoms with E-state index in [1.165, 1.54) is 6.92 Å². The number of para-hydroxylation sites is 1. The highest BCUT2D eigenvalue weighted by molar-refractivity contribution is 6.32. The van der Waals surface area contributed by atoms with Crippen LogP contribution in [0.1, 0.15) is 23.7 Å². The van der Waals surface area contributed by atoms with Crippen molar-refractivity contribution in [1.82, 2.24) is 0 Å². The SMILES string of the molecule is CC(=O)c1cccc(NC(=O)CCOc2ccccc2Cl)c1. The number of amides is 1. The van der Waals surface area contributed by atoms with Crippen LogP contribution in [0.5, 0.6) is 5.75 Å². The Bertz CT molecular complexity index is 685. The van der Waals surface area contributed by atoms with E-state index in [1.54, 1.807) is 36.4 Å². The third-order valence-corrected chi connectivity index (χ3v) is 3.29. The van der Waals surface area contributed by atoms with Crippen LogP contribution in [0, 0.1) is 0 Å². The van der Waals surface area contributed by atoms with E-state index in [-0.39, 0.29) is 24.7 Å². The van der Waals surface area contributed by atoms with Crippen LogP contribution in [0.15, 0.2) is 48.5 Å². The van der Waals surface area contributed by atoms with Crippen molar-refractivity contribution in [3.05, 3.63) is 59.1 Å². The van der Waals surface area contributed by atoms with Gasteiger partial charge in [-0.1, -0.05) is 35.9 Å². The number of rotatable bonds is 6. The quantitative estimate of drug-likeness (QED) is 0.821. The van der Waals surface area contributed by atoms with Crippen LogP contribution in [0.3, 0.4) is 0 Å². The van der Waals surface area contributed by atoms with E-state index in [0.29, 0.717) is 22.0 Å². The smallest absolute Gasteiger partial charge is 0.227 e. The van der Waals surface area contributed by atoms with Gasteiger partial charge in [-0.3, -0.25) is 9.59 Å². The van der Waals surface area contributed by atoms with Crippen molar-refractivity contribution in [3.63, 3.8) is 0 Å². The van der Waals surface area contributed by atoms with E-state index in [9.17, 15) is 9.59 Å². The minimum Gasteiger partial charge on any atom is -0.491 e. The van der Waals surface area contributed by atoms with Crippen LogP contribution in [-0.4, -0.2) is 18.3 Å². The van der Waals surface area contributed by atoms with E-state index in [4.69, 9.17) is 16.3 Å². The molecule has 0 spiro atoms. The van der Waals surface area contributed by atoms with Gasteiger partial charge in [0.05, 0.1) is 18.1 Å². The number of halogens is 1. The van der Waals surface area contributed by atoms with Crippen LogP contribution < -0.4 is 10.1 Å².